The molecule has 1 aromatic rings. The first-order valence-corrected chi connectivity index (χ1v) is 7.04. The number of carbonyl (C=O) groups excluding carboxylic acids is 1. The summed E-state index contributed by atoms with van der Waals surface area (Å²) in [6, 6.07) is 3.39. The quantitative estimate of drug-likeness (QED) is 0.716. The van der Waals surface area contributed by atoms with Crippen molar-refractivity contribution in [1.82, 2.24) is 15.6 Å². The first-order valence-electron chi connectivity index (χ1n) is 7.04. The third-order valence-electron chi connectivity index (χ3n) is 3.04. The standard InChI is InChI=1S/C15H23N3O3/c1-10(2)6-13(14(19)20)9-18-15(21)17-8-12-5-4-11(3)16-7-12/h4-5,7,10,13H,6,8-9H2,1-3H3,(H,19,20)(H2,17,18,21). The molecule has 0 radical (unpaired) electrons. The number of carboxylic acid groups (broad SMARTS) is 1. The fraction of sp³-hybridized carbons (Fsp3) is 0.533. The lowest BCUT2D eigenvalue weighted by molar-refractivity contribution is -0.142. The van der Waals surface area contributed by atoms with Crippen LogP contribution in [0.25, 0.3) is 0 Å². The molecule has 1 atom stereocenters. The Bertz CT molecular complexity index is 472. The van der Waals surface area contributed by atoms with Gasteiger partial charge in [0, 0.05) is 25.0 Å². The molecule has 0 saturated heterocycles. The molecule has 0 bridgehead atoms. The fourth-order valence-electron chi connectivity index (χ4n) is 1.90. The van der Waals surface area contributed by atoms with E-state index in [9.17, 15) is 9.59 Å². The molecule has 6 nitrogen and oxygen atoms in total. The van der Waals surface area contributed by atoms with Gasteiger partial charge in [-0.3, -0.25) is 9.78 Å². The van der Waals surface area contributed by atoms with Crippen LogP contribution in [0.4, 0.5) is 4.79 Å². The van der Waals surface area contributed by atoms with Crippen molar-refractivity contribution in [2.24, 2.45) is 11.8 Å². The van der Waals surface area contributed by atoms with Crippen LogP contribution >= 0.6 is 0 Å². The molecule has 1 rings (SSSR count). The maximum absolute atomic E-state index is 11.7. The monoisotopic (exact) mass is 293 g/mol. The van der Waals surface area contributed by atoms with Crippen molar-refractivity contribution >= 4 is 12.0 Å². The average Bonchev–Trinajstić information content (AvgIpc) is 2.42. The summed E-state index contributed by atoms with van der Waals surface area (Å²) in [4.78, 5) is 26.9. The largest absolute Gasteiger partial charge is 0.481 e. The predicted octanol–water partition coefficient (Wildman–Crippen LogP) is 1.94. The number of aliphatic carboxylic acids is 1. The maximum atomic E-state index is 11.7. The van der Waals surface area contributed by atoms with Crippen LogP contribution in [0.1, 0.15) is 31.5 Å². The lowest BCUT2D eigenvalue weighted by Crippen LogP contribution is -2.39. The zero-order chi connectivity index (χ0) is 15.8. The third-order valence-corrected chi connectivity index (χ3v) is 3.04. The molecule has 0 fully saturated rings. The molecule has 0 spiro atoms. The molecule has 1 aromatic heterocycles. The molecule has 21 heavy (non-hydrogen) atoms. The van der Waals surface area contributed by atoms with Gasteiger partial charge < -0.3 is 15.7 Å². The van der Waals surface area contributed by atoms with Gasteiger partial charge in [0.05, 0.1) is 5.92 Å². The van der Waals surface area contributed by atoms with E-state index >= 15 is 0 Å². The van der Waals surface area contributed by atoms with Gasteiger partial charge in [0.25, 0.3) is 0 Å². The van der Waals surface area contributed by atoms with Gasteiger partial charge in [-0.25, -0.2) is 4.79 Å². The second-order valence-corrected chi connectivity index (χ2v) is 5.54. The second-order valence-electron chi connectivity index (χ2n) is 5.54. The summed E-state index contributed by atoms with van der Waals surface area (Å²) < 4.78 is 0. The molecule has 0 aliphatic rings. The summed E-state index contributed by atoms with van der Waals surface area (Å²) in [7, 11) is 0. The molecule has 0 aliphatic carbocycles. The van der Waals surface area contributed by atoms with E-state index in [0.29, 0.717) is 13.0 Å². The number of rotatable bonds is 7. The molecule has 1 unspecified atom stereocenters. The Morgan fingerprint density at radius 3 is 2.52 bits per heavy atom. The smallest absolute Gasteiger partial charge is 0.315 e. The maximum Gasteiger partial charge on any atom is 0.315 e. The van der Waals surface area contributed by atoms with Crippen LogP contribution in [-0.4, -0.2) is 28.6 Å². The number of hydrogen-bond donors (Lipinski definition) is 3. The molecule has 3 N–H and O–H groups in total. The highest BCUT2D eigenvalue weighted by atomic mass is 16.4. The number of hydrogen-bond acceptors (Lipinski definition) is 3. The summed E-state index contributed by atoms with van der Waals surface area (Å²) in [5.41, 5.74) is 1.81. The van der Waals surface area contributed by atoms with Crippen molar-refractivity contribution in [2.45, 2.75) is 33.7 Å². The van der Waals surface area contributed by atoms with Crippen molar-refractivity contribution in [3.63, 3.8) is 0 Å². The number of pyridine rings is 1. The van der Waals surface area contributed by atoms with E-state index in [1.807, 2.05) is 32.9 Å². The Balaban J connectivity index is 2.35. The van der Waals surface area contributed by atoms with Gasteiger partial charge in [0.1, 0.15) is 0 Å². The van der Waals surface area contributed by atoms with Crippen molar-refractivity contribution in [1.29, 1.82) is 0 Å². The lowest BCUT2D eigenvalue weighted by Gasteiger charge is -2.15. The number of amides is 2. The van der Waals surface area contributed by atoms with Crippen molar-refractivity contribution in [3.05, 3.63) is 29.6 Å². The first-order chi connectivity index (χ1) is 9.88. The molecule has 0 aliphatic heterocycles. The molecule has 2 amide bonds. The summed E-state index contributed by atoms with van der Waals surface area (Å²) >= 11 is 0. The highest BCUT2D eigenvalue weighted by Gasteiger charge is 2.19. The van der Waals surface area contributed by atoms with Crippen molar-refractivity contribution in [3.8, 4) is 0 Å². The number of carboxylic acids is 1. The minimum absolute atomic E-state index is 0.130. The zero-order valence-electron chi connectivity index (χ0n) is 12.7. The molecule has 1 heterocycles. The van der Waals surface area contributed by atoms with E-state index in [0.717, 1.165) is 11.3 Å². The predicted molar refractivity (Wildman–Crippen MR) is 79.8 cm³/mol. The van der Waals surface area contributed by atoms with Crippen LogP contribution in [0.15, 0.2) is 18.3 Å². The molecular weight excluding hydrogens is 270 g/mol. The summed E-state index contributed by atoms with van der Waals surface area (Å²) in [6.45, 7) is 6.30. The number of nitrogens with one attached hydrogen (secondary N) is 2. The van der Waals surface area contributed by atoms with Gasteiger partial charge in [0.15, 0.2) is 0 Å². The van der Waals surface area contributed by atoms with Crippen molar-refractivity contribution < 1.29 is 14.7 Å². The molecule has 6 heteroatoms. The second kappa shape index (κ2) is 8.24. The Kier molecular flexibility index (Phi) is 6.65. The Hall–Kier alpha value is -2.11. The van der Waals surface area contributed by atoms with E-state index in [4.69, 9.17) is 5.11 Å². The zero-order valence-corrected chi connectivity index (χ0v) is 12.7. The van der Waals surface area contributed by atoms with Crippen LogP contribution in [-0.2, 0) is 11.3 Å². The minimum atomic E-state index is -0.883. The average molecular weight is 293 g/mol. The number of urea groups is 1. The van der Waals surface area contributed by atoms with E-state index in [1.165, 1.54) is 0 Å². The SMILES string of the molecule is Cc1ccc(CNC(=O)NCC(CC(C)C)C(=O)O)cn1. The summed E-state index contributed by atoms with van der Waals surface area (Å²) in [5.74, 6) is -1.17. The van der Waals surface area contributed by atoms with Gasteiger partial charge >= 0.3 is 12.0 Å². The molecule has 116 valence electrons. The number of aryl methyl sites for hydroxylation is 1. The van der Waals surface area contributed by atoms with Gasteiger partial charge in [-0.15, -0.1) is 0 Å². The highest BCUT2D eigenvalue weighted by molar-refractivity contribution is 5.75. The summed E-state index contributed by atoms with van der Waals surface area (Å²) in [5, 5.41) is 14.4. The number of nitrogens with zero attached hydrogens (tertiary/aromatic N) is 1. The van der Waals surface area contributed by atoms with Crippen LogP contribution in [0, 0.1) is 18.8 Å². The summed E-state index contributed by atoms with van der Waals surface area (Å²) in [6.07, 6.45) is 2.24. The number of carbonyl (C=O) groups is 2. The lowest BCUT2D eigenvalue weighted by atomic mass is 9.97. The Labute approximate surface area is 125 Å². The first kappa shape index (κ1) is 16.9. The van der Waals surface area contributed by atoms with Gasteiger partial charge in [0.2, 0.25) is 0 Å². The topological polar surface area (TPSA) is 91.3 Å². The Morgan fingerprint density at radius 1 is 1.29 bits per heavy atom. The van der Waals surface area contributed by atoms with Crippen molar-refractivity contribution in [2.75, 3.05) is 6.54 Å². The van der Waals surface area contributed by atoms with Crippen LogP contribution in [0.3, 0.4) is 0 Å². The van der Waals surface area contributed by atoms with E-state index in [1.54, 1.807) is 6.20 Å². The normalized spacial score (nSPS) is 12.0. The Morgan fingerprint density at radius 2 is 2.00 bits per heavy atom. The van der Waals surface area contributed by atoms with E-state index < -0.39 is 11.9 Å². The van der Waals surface area contributed by atoms with Gasteiger partial charge in [-0.1, -0.05) is 19.9 Å². The molecule has 0 aromatic carbocycles. The van der Waals surface area contributed by atoms with E-state index in [-0.39, 0.29) is 18.5 Å². The fourth-order valence-corrected chi connectivity index (χ4v) is 1.90. The number of aromatic nitrogens is 1. The molecular formula is C15H23N3O3. The van der Waals surface area contributed by atoms with Crippen LogP contribution < -0.4 is 10.6 Å². The highest BCUT2D eigenvalue weighted by Crippen LogP contribution is 2.10. The van der Waals surface area contributed by atoms with Gasteiger partial charge in [-0.2, -0.15) is 0 Å². The molecule has 0 saturated carbocycles. The van der Waals surface area contributed by atoms with E-state index in [2.05, 4.69) is 15.6 Å². The van der Waals surface area contributed by atoms with Crippen LogP contribution in [0.2, 0.25) is 0 Å². The minimum Gasteiger partial charge on any atom is -0.481 e. The van der Waals surface area contributed by atoms with Gasteiger partial charge in [-0.05, 0) is 30.9 Å². The van der Waals surface area contributed by atoms with Crippen LogP contribution in [0.5, 0.6) is 0 Å². The third kappa shape index (κ3) is 6.74.